The number of likely N-dealkylation sites (tertiary alicyclic amines) is 1. The number of benzene rings is 1. The molecule has 26 heavy (non-hydrogen) atoms. The Hall–Kier alpha value is -1.85. The fraction of sp³-hybridized carbons (Fsp3) is 0.500. The molecular formula is C20H26ClN3O2. The van der Waals surface area contributed by atoms with Gasteiger partial charge in [0.25, 0.3) is 0 Å². The Labute approximate surface area is 159 Å². The van der Waals surface area contributed by atoms with E-state index in [1.165, 1.54) is 0 Å². The molecule has 1 aromatic heterocycles. The van der Waals surface area contributed by atoms with Gasteiger partial charge in [0.15, 0.2) is 11.7 Å². The van der Waals surface area contributed by atoms with Gasteiger partial charge in [-0.1, -0.05) is 30.7 Å². The lowest BCUT2D eigenvalue weighted by Gasteiger charge is -2.32. The van der Waals surface area contributed by atoms with E-state index >= 15 is 0 Å². The smallest absolute Gasteiger partial charge is 0.223 e. The number of amides is 1. The van der Waals surface area contributed by atoms with Crippen molar-refractivity contribution in [3.05, 3.63) is 41.4 Å². The minimum Gasteiger partial charge on any atom is -0.441 e. The molecule has 3 rings (SSSR count). The first-order valence-corrected chi connectivity index (χ1v) is 9.73. The lowest BCUT2D eigenvalue weighted by atomic mass is 9.96. The summed E-state index contributed by atoms with van der Waals surface area (Å²) in [5.41, 5.74) is 0.821. The van der Waals surface area contributed by atoms with Gasteiger partial charge in [-0.05, 0) is 44.0 Å². The summed E-state index contributed by atoms with van der Waals surface area (Å²) in [6.07, 6.45) is 4.77. The van der Waals surface area contributed by atoms with Gasteiger partial charge in [-0.3, -0.25) is 4.79 Å². The molecular weight excluding hydrogens is 350 g/mol. The zero-order chi connectivity index (χ0) is 18.4. The Bertz CT molecular complexity index is 723. The van der Waals surface area contributed by atoms with E-state index in [-0.39, 0.29) is 5.91 Å². The molecule has 0 atom stereocenters. The molecule has 0 spiro atoms. The Morgan fingerprint density at radius 1 is 1.35 bits per heavy atom. The lowest BCUT2D eigenvalue weighted by molar-refractivity contribution is -0.132. The molecule has 1 aromatic carbocycles. The standard InChI is InChI=1S/C20H26ClN3O2/c1-2-22-13-15-9-11-24(12-10-15)20(25)8-7-19-23-14-18(26-19)16-5-3-4-6-17(16)21/h3-6,14-15,22H,2,7-13H2,1H3. The molecule has 1 amide bonds. The minimum atomic E-state index is 0.185. The highest BCUT2D eigenvalue weighted by molar-refractivity contribution is 6.33. The molecule has 0 bridgehead atoms. The third-order valence-electron chi connectivity index (χ3n) is 4.90. The van der Waals surface area contributed by atoms with E-state index in [1.807, 2.05) is 29.2 Å². The molecule has 1 aliphatic rings. The molecule has 2 aromatic rings. The molecule has 0 unspecified atom stereocenters. The van der Waals surface area contributed by atoms with Crippen LogP contribution in [-0.2, 0) is 11.2 Å². The summed E-state index contributed by atoms with van der Waals surface area (Å²) in [7, 11) is 0. The van der Waals surface area contributed by atoms with Crippen molar-refractivity contribution in [2.45, 2.75) is 32.6 Å². The number of oxazole rings is 1. The third-order valence-corrected chi connectivity index (χ3v) is 5.23. The van der Waals surface area contributed by atoms with Crippen molar-refractivity contribution in [1.29, 1.82) is 0 Å². The van der Waals surface area contributed by atoms with E-state index in [1.54, 1.807) is 6.20 Å². The summed E-state index contributed by atoms with van der Waals surface area (Å²) >= 11 is 6.19. The topological polar surface area (TPSA) is 58.4 Å². The van der Waals surface area contributed by atoms with E-state index in [9.17, 15) is 4.79 Å². The fourth-order valence-corrected chi connectivity index (χ4v) is 3.55. The monoisotopic (exact) mass is 375 g/mol. The SMILES string of the molecule is CCNCC1CCN(C(=O)CCc2ncc(-c3ccccc3Cl)o2)CC1. The van der Waals surface area contributed by atoms with E-state index in [4.69, 9.17) is 16.0 Å². The van der Waals surface area contributed by atoms with Crippen LogP contribution in [0.4, 0.5) is 0 Å². The Balaban J connectivity index is 1.48. The molecule has 1 aliphatic heterocycles. The molecule has 6 heteroatoms. The van der Waals surface area contributed by atoms with Crippen LogP contribution in [0.25, 0.3) is 11.3 Å². The van der Waals surface area contributed by atoms with Gasteiger partial charge in [0.2, 0.25) is 5.91 Å². The number of halogens is 1. The Morgan fingerprint density at radius 3 is 2.85 bits per heavy atom. The number of aryl methyl sites for hydroxylation is 1. The van der Waals surface area contributed by atoms with Crippen molar-refractivity contribution in [1.82, 2.24) is 15.2 Å². The number of hydrogen-bond acceptors (Lipinski definition) is 4. The zero-order valence-corrected chi connectivity index (χ0v) is 16.0. The maximum Gasteiger partial charge on any atom is 0.223 e. The summed E-state index contributed by atoms with van der Waals surface area (Å²) in [6.45, 7) is 5.89. The molecule has 0 aliphatic carbocycles. The predicted octanol–water partition coefficient (Wildman–Crippen LogP) is 3.78. The molecule has 0 radical (unpaired) electrons. The summed E-state index contributed by atoms with van der Waals surface area (Å²) in [6, 6.07) is 7.51. The second kappa shape index (κ2) is 9.19. The Kier molecular flexibility index (Phi) is 6.69. The van der Waals surface area contributed by atoms with E-state index < -0.39 is 0 Å². The number of nitrogens with zero attached hydrogens (tertiary/aromatic N) is 2. The first-order chi connectivity index (χ1) is 12.7. The average Bonchev–Trinajstić information content (AvgIpc) is 3.14. The first kappa shape index (κ1) is 18.9. The van der Waals surface area contributed by atoms with Gasteiger partial charge >= 0.3 is 0 Å². The van der Waals surface area contributed by atoms with Gasteiger partial charge in [0, 0.05) is 31.5 Å². The van der Waals surface area contributed by atoms with Gasteiger partial charge in [-0.2, -0.15) is 0 Å². The van der Waals surface area contributed by atoms with Crippen LogP contribution in [-0.4, -0.2) is 42.0 Å². The van der Waals surface area contributed by atoms with Gasteiger partial charge < -0.3 is 14.6 Å². The lowest BCUT2D eigenvalue weighted by Crippen LogP contribution is -2.40. The van der Waals surface area contributed by atoms with Crippen molar-refractivity contribution in [2.75, 3.05) is 26.2 Å². The zero-order valence-electron chi connectivity index (χ0n) is 15.2. The van der Waals surface area contributed by atoms with Gasteiger partial charge in [0.05, 0.1) is 11.2 Å². The van der Waals surface area contributed by atoms with Crippen LogP contribution in [0.1, 0.15) is 32.1 Å². The molecule has 0 saturated carbocycles. The van der Waals surface area contributed by atoms with Crippen LogP contribution >= 0.6 is 11.6 Å². The number of hydrogen-bond donors (Lipinski definition) is 1. The van der Waals surface area contributed by atoms with Crippen molar-refractivity contribution < 1.29 is 9.21 Å². The summed E-state index contributed by atoms with van der Waals surface area (Å²) in [5.74, 6) is 2.09. The predicted molar refractivity (Wildman–Crippen MR) is 103 cm³/mol. The number of carbonyl (C=O) groups excluding carboxylic acids is 1. The highest BCUT2D eigenvalue weighted by Gasteiger charge is 2.22. The van der Waals surface area contributed by atoms with Gasteiger partial charge in [-0.15, -0.1) is 0 Å². The van der Waals surface area contributed by atoms with E-state index in [2.05, 4.69) is 17.2 Å². The number of piperidine rings is 1. The third kappa shape index (κ3) is 4.86. The Morgan fingerprint density at radius 2 is 2.12 bits per heavy atom. The number of aromatic nitrogens is 1. The van der Waals surface area contributed by atoms with Crippen LogP contribution in [0.3, 0.4) is 0 Å². The maximum absolute atomic E-state index is 12.4. The summed E-state index contributed by atoms with van der Waals surface area (Å²) < 4.78 is 5.78. The number of rotatable bonds is 7. The van der Waals surface area contributed by atoms with Crippen LogP contribution < -0.4 is 5.32 Å². The molecule has 1 saturated heterocycles. The van der Waals surface area contributed by atoms with E-state index in [0.717, 1.165) is 44.6 Å². The van der Waals surface area contributed by atoms with Crippen LogP contribution in [0.5, 0.6) is 0 Å². The van der Waals surface area contributed by atoms with Gasteiger partial charge in [-0.25, -0.2) is 4.98 Å². The molecule has 140 valence electrons. The van der Waals surface area contributed by atoms with E-state index in [0.29, 0.717) is 35.4 Å². The van der Waals surface area contributed by atoms with Crippen molar-refractivity contribution >= 4 is 17.5 Å². The highest BCUT2D eigenvalue weighted by atomic mass is 35.5. The first-order valence-electron chi connectivity index (χ1n) is 9.35. The second-order valence-electron chi connectivity index (χ2n) is 6.73. The fourth-order valence-electron chi connectivity index (χ4n) is 3.32. The van der Waals surface area contributed by atoms with Crippen LogP contribution in [0.15, 0.2) is 34.9 Å². The largest absolute Gasteiger partial charge is 0.441 e. The maximum atomic E-state index is 12.4. The number of carbonyl (C=O) groups is 1. The quantitative estimate of drug-likeness (QED) is 0.800. The second-order valence-corrected chi connectivity index (χ2v) is 7.14. The van der Waals surface area contributed by atoms with Crippen molar-refractivity contribution in [3.8, 4) is 11.3 Å². The van der Waals surface area contributed by atoms with Gasteiger partial charge in [0.1, 0.15) is 0 Å². The van der Waals surface area contributed by atoms with Crippen LogP contribution in [0.2, 0.25) is 5.02 Å². The van der Waals surface area contributed by atoms with Crippen molar-refractivity contribution in [3.63, 3.8) is 0 Å². The summed E-state index contributed by atoms with van der Waals surface area (Å²) in [4.78, 5) is 18.7. The van der Waals surface area contributed by atoms with Crippen LogP contribution in [0, 0.1) is 5.92 Å². The normalized spacial score (nSPS) is 15.4. The summed E-state index contributed by atoms with van der Waals surface area (Å²) in [5, 5.41) is 4.03. The van der Waals surface area contributed by atoms with Crippen molar-refractivity contribution in [2.24, 2.45) is 5.92 Å². The molecule has 5 nitrogen and oxygen atoms in total. The molecule has 1 N–H and O–H groups in total. The molecule has 2 heterocycles. The number of nitrogens with one attached hydrogen (secondary N) is 1. The minimum absolute atomic E-state index is 0.185. The average molecular weight is 376 g/mol. The highest BCUT2D eigenvalue weighted by Crippen LogP contribution is 2.28. The molecule has 1 fully saturated rings.